The van der Waals surface area contributed by atoms with Crippen molar-refractivity contribution in [2.45, 2.75) is 13.3 Å². The molecule has 0 atom stereocenters. The van der Waals surface area contributed by atoms with Crippen molar-refractivity contribution >= 4 is 17.5 Å². The number of carbonyl (C=O) groups is 2. The van der Waals surface area contributed by atoms with Crippen LogP contribution in [0.25, 0.3) is 0 Å². The Kier molecular flexibility index (Phi) is 6.34. The number of anilines is 1. The average molecular weight is 424 g/mol. The second-order valence-corrected chi connectivity index (χ2v) is 6.30. The summed E-state index contributed by atoms with van der Waals surface area (Å²) in [5.74, 6) is -0.253. The standard InChI is InChI=1S/C20H19F3N2O5/c1-2-25(19(27)13-3-6-15(7-4-13)30-20(21,22)23)12-18(26)24-14-5-8-16-17(11-14)29-10-9-28-16/h3-8,11H,2,9-10,12H2,1H3,(H,24,26). The Bertz CT molecular complexity index is 916. The van der Waals surface area contributed by atoms with Gasteiger partial charge in [0.2, 0.25) is 5.91 Å². The van der Waals surface area contributed by atoms with Crippen molar-refractivity contribution in [1.82, 2.24) is 4.90 Å². The largest absolute Gasteiger partial charge is 0.573 e. The smallest absolute Gasteiger partial charge is 0.486 e. The highest BCUT2D eigenvalue weighted by molar-refractivity contribution is 5.99. The molecule has 0 saturated heterocycles. The summed E-state index contributed by atoms with van der Waals surface area (Å²) in [5.41, 5.74) is 0.625. The number of hydrogen-bond donors (Lipinski definition) is 1. The van der Waals surface area contributed by atoms with Gasteiger partial charge in [-0.15, -0.1) is 13.2 Å². The Labute approximate surface area is 170 Å². The summed E-state index contributed by atoms with van der Waals surface area (Å²) in [6, 6.07) is 9.48. The fourth-order valence-corrected chi connectivity index (χ4v) is 2.80. The van der Waals surface area contributed by atoms with E-state index in [0.717, 1.165) is 12.1 Å². The number of amides is 2. The lowest BCUT2D eigenvalue weighted by Crippen LogP contribution is -2.37. The van der Waals surface area contributed by atoms with Crippen LogP contribution < -0.4 is 19.5 Å². The van der Waals surface area contributed by atoms with Crippen LogP contribution in [-0.4, -0.2) is 49.4 Å². The molecule has 1 aliphatic rings. The molecule has 0 fully saturated rings. The highest BCUT2D eigenvalue weighted by atomic mass is 19.4. The molecular formula is C20H19F3N2O5. The van der Waals surface area contributed by atoms with Crippen molar-refractivity contribution < 1.29 is 37.0 Å². The van der Waals surface area contributed by atoms with Gasteiger partial charge in [-0.2, -0.15) is 0 Å². The molecule has 2 amide bonds. The summed E-state index contributed by atoms with van der Waals surface area (Å²) in [7, 11) is 0. The Balaban J connectivity index is 1.61. The van der Waals surface area contributed by atoms with E-state index in [-0.39, 0.29) is 18.7 Å². The number of likely N-dealkylation sites (N-methyl/N-ethyl adjacent to an activating group) is 1. The molecule has 1 aliphatic heterocycles. The zero-order valence-corrected chi connectivity index (χ0v) is 16.0. The molecule has 30 heavy (non-hydrogen) atoms. The van der Waals surface area contributed by atoms with E-state index in [9.17, 15) is 22.8 Å². The van der Waals surface area contributed by atoms with Crippen molar-refractivity contribution in [3.63, 3.8) is 0 Å². The molecule has 0 aromatic heterocycles. The molecule has 1 N–H and O–H groups in total. The first-order valence-electron chi connectivity index (χ1n) is 9.10. The minimum absolute atomic E-state index is 0.138. The lowest BCUT2D eigenvalue weighted by atomic mass is 10.2. The van der Waals surface area contributed by atoms with Crippen molar-refractivity contribution in [3.05, 3.63) is 48.0 Å². The lowest BCUT2D eigenvalue weighted by Gasteiger charge is -2.21. The van der Waals surface area contributed by atoms with Gasteiger partial charge in [-0.05, 0) is 43.3 Å². The monoisotopic (exact) mass is 424 g/mol. The zero-order chi connectivity index (χ0) is 21.7. The SMILES string of the molecule is CCN(CC(=O)Nc1ccc2c(c1)OCCO2)C(=O)c1ccc(OC(F)(F)F)cc1. The van der Waals surface area contributed by atoms with Gasteiger partial charge in [0.25, 0.3) is 5.91 Å². The molecule has 0 spiro atoms. The van der Waals surface area contributed by atoms with E-state index in [1.54, 1.807) is 25.1 Å². The lowest BCUT2D eigenvalue weighted by molar-refractivity contribution is -0.274. The molecule has 0 saturated carbocycles. The molecule has 2 aromatic rings. The van der Waals surface area contributed by atoms with Gasteiger partial charge >= 0.3 is 6.36 Å². The molecule has 0 aliphatic carbocycles. The van der Waals surface area contributed by atoms with E-state index in [1.807, 2.05) is 0 Å². The van der Waals surface area contributed by atoms with Crippen molar-refractivity contribution in [1.29, 1.82) is 0 Å². The van der Waals surface area contributed by atoms with E-state index in [2.05, 4.69) is 10.1 Å². The van der Waals surface area contributed by atoms with Crippen LogP contribution in [0.2, 0.25) is 0 Å². The predicted octanol–water partition coefficient (Wildman–Crippen LogP) is 3.46. The first-order chi connectivity index (χ1) is 14.2. The number of fused-ring (bicyclic) bond motifs is 1. The molecule has 160 valence electrons. The molecule has 7 nitrogen and oxygen atoms in total. The van der Waals surface area contributed by atoms with Crippen LogP contribution in [0.5, 0.6) is 17.2 Å². The van der Waals surface area contributed by atoms with Crippen molar-refractivity contribution in [2.24, 2.45) is 0 Å². The topological polar surface area (TPSA) is 77.1 Å². The van der Waals surface area contributed by atoms with E-state index in [4.69, 9.17) is 9.47 Å². The van der Waals surface area contributed by atoms with Gasteiger partial charge in [0.1, 0.15) is 25.5 Å². The molecule has 0 unspecified atom stereocenters. The number of halogens is 3. The third-order valence-corrected chi connectivity index (χ3v) is 4.16. The maximum Gasteiger partial charge on any atom is 0.573 e. The highest BCUT2D eigenvalue weighted by Gasteiger charge is 2.31. The molecule has 0 bridgehead atoms. The van der Waals surface area contributed by atoms with E-state index in [0.29, 0.717) is 30.4 Å². The molecule has 10 heteroatoms. The van der Waals surface area contributed by atoms with Crippen molar-refractivity contribution in [2.75, 3.05) is 31.6 Å². The molecule has 2 aromatic carbocycles. The summed E-state index contributed by atoms with van der Waals surface area (Å²) < 4.78 is 51.4. The van der Waals surface area contributed by atoms with Crippen LogP contribution in [-0.2, 0) is 4.79 Å². The molecular weight excluding hydrogens is 405 g/mol. The molecule has 1 heterocycles. The number of nitrogens with zero attached hydrogens (tertiary/aromatic N) is 1. The van der Waals surface area contributed by atoms with Gasteiger partial charge in [-0.1, -0.05) is 0 Å². The molecule has 0 radical (unpaired) electrons. The minimum Gasteiger partial charge on any atom is -0.486 e. The van der Waals surface area contributed by atoms with Gasteiger partial charge in [0.15, 0.2) is 11.5 Å². The summed E-state index contributed by atoms with van der Waals surface area (Å²) in [5, 5.41) is 2.68. The Morgan fingerprint density at radius 3 is 2.37 bits per heavy atom. The third kappa shape index (κ3) is 5.56. The van der Waals surface area contributed by atoms with E-state index >= 15 is 0 Å². The summed E-state index contributed by atoms with van der Waals surface area (Å²) >= 11 is 0. The summed E-state index contributed by atoms with van der Waals surface area (Å²) in [4.78, 5) is 26.2. The average Bonchev–Trinajstić information content (AvgIpc) is 2.71. The Morgan fingerprint density at radius 2 is 1.73 bits per heavy atom. The van der Waals surface area contributed by atoms with Gasteiger partial charge < -0.3 is 24.4 Å². The third-order valence-electron chi connectivity index (χ3n) is 4.16. The number of carbonyl (C=O) groups excluding carboxylic acids is 2. The van der Waals surface area contributed by atoms with Crippen molar-refractivity contribution in [3.8, 4) is 17.2 Å². The minimum atomic E-state index is -4.81. The predicted molar refractivity (Wildman–Crippen MR) is 101 cm³/mol. The summed E-state index contributed by atoms with van der Waals surface area (Å²) in [6.45, 7) is 2.56. The maximum atomic E-state index is 12.6. The normalized spacial score (nSPS) is 12.8. The number of rotatable bonds is 6. The van der Waals surface area contributed by atoms with Crippen LogP contribution in [0.3, 0.4) is 0 Å². The fourth-order valence-electron chi connectivity index (χ4n) is 2.80. The first-order valence-corrected chi connectivity index (χ1v) is 9.10. The quantitative estimate of drug-likeness (QED) is 0.769. The second kappa shape index (κ2) is 8.93. The van der Waals surface area contributed by atoms with Gasteiger partial charge in [0, 0.05) is 23.9 Å². The Morgan fingerprint density at radius 1 is 1.07 bits per heavy atom. The van der Waals surface area contributed by atoms with Gasteiger partial charge in [0.05, 0.1) is 0 Å². The maximum absolute atomic E-state index is 12.6. The first kappa shape index (κ1) is 21.3. The Hall–Kier alpha value is -3.43. The zero-order valence-electron chi connectivity index (χ0n) is 16.0. The number of ether oxygens (including phenoxy) is 3. The van der Waals surface area contributed by atoms with Crippen LogP contribution in [0.1, 0.15) is 17.3 Å². The summed E-state index contributed by atoms with van der Waals surface area (Å²) in [6.07, 6.45) is -4.81. The number of alkyl halides is 3. The number of benzene rings is 2. The second-order valence-electron chi connectivity index (χ2n) is 6.30. The van der Waals surface area contributed by atoms with Crippen LogP contribution in [0.4, 0.5) is 18.9 Å². The fraction of sp³-hybridized carbons (Fsp3) is 0.300. The highest BCUT2D eigenvalue weighted by Crippen LogP contribution is 2.32. The van der Waals surface area contributed by atoms with E-state index < -0.39 is 23.9 Å². The molecule has 3 rings (SSSR count). The number of hydrogen-bond acceptors (Lipinski definition) is 5. The van der Waals surface area contributed by atoms with Gasteiger partial charge in [-0.25, -0.2) is 0 Å². The number of nitrogens with one attached hydrogen (secondary N) is 1. The van der Waals surface area contributed by atoms with Crippen LogP contribution in [0, 0.1) is 0 Å². The van der Waals surface area contributed by atoms with Gasteiger partial charge in [-0.3, -0.25) is 9.59 Å². The van der Waals surface area contributed by atoms with Crippen LogP contribution in [0.15, 0.2) is 42.5 Å². The van der Waals surface area contributed by atoms with E-state index in [1.165, 1.54) is 17.0 Å². The van der Waals surface area contributed by atoms with Crippen LogP contribution >= 0.6 is 0 Å².